The maximum absolute atomic E-state index is 13.0. The quantitative estimate of drug-likeness (QED) is 0.728. The first-order valence-electron chi connectivity index (χ1n) is 7.79. The number of furan rings is 1. The van der Waals surface area contributed by atoms with Crippen LogP contribution in [0.25, 0.3) is 11.3 Å². The molecule has 1 fully saturated rings. The van der Waals surface area contributed by atoms with E-state index in [-0.39, 0.29) is 23.5 Å². The number of halogens is 1. The minimum atomic E-state index is -0.322. The van der Waals surface area contributed by atoms with E-state index in [1.807, 2.05) is 12.1 Å². The van der Waals surface area contributed by atoms with Gasteiger partial charge in [0.2, 0.25) is 5.76 Å². The summed E-state index contributed by atoms with van der Waals surface area (Å²) in [5, 5.41) is 3.93. The molecular formula is C18H15FN2O3. The first kappa shape index (κ1) is 14.7. The van der Waals surface area contributed by atoms with Crippen molar-refractivity contribution in [1.82, 2.24) is 10.1 Å². The third-order valence-corrected chi connectivity index (χ3v) is 4.25. The smallest absolute Gasteiger partial charge is 0.293 e. The van der Waals surface area contributed by atoms with Gasteiger partial charge >= 0.3 is 0 Å². The minimum Gasteiger partial charge on any atom is -0.467 e. The number of amides is 1. The van der Waals surface area contributed by atoms with Crippen LogP contribution in [0.15, 0.2) is 57.7 Å². The van der Waals surface area contributed by atoms with E-state index in [1.54, 1.807) is 29.4 Å². The summed E-state index contributed by atoms with van der Waals surface area (Å²) in [6, 6.07) is 11.1. The van der Waals surface area contributed by atoms with Crippen molar-refractivity contribution in [2.45, 2.75) is 18.9 Å². The topological polar surface area (TPSA) is 59.5 Å². The molecule has 1 saturated heterocycles. The van der Waals surface area contributed by atoms with Crippen LogP contribution in [0.3, 0.4) is 0 Å². The summed E-state index contributed by atoms with van der Waals surface area (Å²) in [5.74, 6) is 0.415. The lowest BCUT2D eigenvalue weighted by molar-refractivity contribution is 0.0677. The van der Waals surface area contributed by atoms with Crippen molar-refractivity contribution in [2.24, 2.45) is 0 Å². The molecule has 122 valence electrons. The fourth-order valence-electron chi connectivity index (χ4n) is 3.06. The molecule has 0 radical (unpaired) electrons. The van der Waals surface area contributed by atoms with E-state index in [4.69, 9.17) is 8.94 Å². The van der Waals surface area contributed by atoms with E-state index in [2.05, 4.69) is 5.16 Å². The number of aromatic nitrogens is 1. The Labute approximate surface area is 137 Å². The maximum Gasteiger partial charge on any atom is 0.293 e. The normalized spacial score (nSPS) is 17.4. The van der Waals surface area contributed by atoms with Gasteiger partial charge in [-0.2, -0.15) is 0 Å². The van der Waals surface area contributed by atoms with E-state index in [9.17, 15) is 9.18 Å². The molecule has 0 spiro atoms. The molecule has 0 N–H and O–H groups in total. The Morgan fingerprint density at radius 1 is 1.25 bits per heavy atom. The molecule has 3 aromatic rings. The first-order valence-corrected chi connectivity index (χ1v) is 7.79. The Hall–Kier alpha value is -2.89. The van der Waals surface area contributed by atoms with Crippen LogP contribution in [-0.2, 0) is 0 Å². The lowest BCUT2D eigenvalue weighted by Gasteiger charge is -2.21. The molecule has 1 atom stereocenters. The number of nitrogens with zero attached hydrogens (tertiary/aromatic N) is 2. The summed E-state index contributed by atoms with van der Waals surface area (Å²) >= 11 is 0. The number of hydrogen-bond acceptors (Lipinski definition) is 4. The van der Waals surface area contributed by atoms with Gasteiger partial charge in [-0.25, -0.2) is 4.39 Å². The molecule has 0 unspecified atom stereocenters. The van der Waals surface area contributed by atoms with E-state index >= 15 is 0 Å². The van der Waals surface area contributed by atoms with Crippen LogP contribution < -0.4 is 0 Å². The summed E-state index contributed by atoms with van der Waals surface area (Å²) in [7, 11) is 0. The second-order valence-electron chi connectivity index (χ2n) is 5.76. The number of benzene rings is 1. The van der Waals surface area contributed by atoms with E-state index in [0.29, 0.717) is 17.8 Å². The van der Waals surface area contributed by atoms with E-state index < -0.39 is 0 Å². The first-order chi connectivity index (χ1) is 11.7. The van der Waals surface area contributed by atoms with Crippen molar-refractivity contribution in [3.63, 3.8) is 0 Å². The van der Waals surface area contributed by atoms with Gasteiger partial charge in [-0.3, -0.25) is 4.79 Å². The number of rotatable bonds is 3. The Morgan fingerprint density at radius 3 is 2.83 bits per heavy atom. The highest BCUT2D eigenvalue weighted by molar-refractivity contribution is 5.92. The molecule has 1 aliphatic heterocycles. The number of carbonyl (C=O) groups excluding carboxylic acids is 1. The highest BCUT2D eigenvalue weighted by Crippen LogP contribution is 2.33. The summed E-state index contributed by atoms with van der Waals surface area (Å²) in [5.41, 5.74) is 1.20. The Morgan fingerprint density at radius 2 is 2.08 bits per heavy atom. The fraction of sp³-hybridized carbons (Fsp3) is 0.222. The SMILES string of the molecule is O=C(c1cc(-c2ccc(F)cc2)no1)N1CCC[C@H]1c1ccco1. The molecule has 6 heteroatoms. The lowest BCUT2D eigenvalue weighted by Crippen LogP contribution is -2.30. The predicted octanol–water partition coefficient (Wildman–Crippen LogP) is 4.05. The second kappa shape index (κ2) is 5.96. The van der Waals surface area contributed by atoms with Crippen molar-refractivity contribution in [3.8, 4) is 11.3 Å². The number of likely N-dealkylation sites (tertiary alicyclic amines) is 1. The summed E-state index contributed by atoms with van der Waals surface area (Å²) in [6.07, 6.45) is 3.38. The third-order valence-electron chi connectivity index (χ3n) is 4.25. The molecule has 4 rings (SSSR count). The van der Waals surface area contributed by atoms with Crippen molar-refractivity contribution in [1.29, 1.82) is 0 Å². The van der Waals surface area contributed by atoms with Gasteiger partial charge in [0.1, 0.15) is 17.3 Å². The van der Waals surface area contributed by atoms with Gasteiger partial charge < -0.3 is 13.8 Å². The third kappa shape index (κ3) is 2.60. The molecule has 2 aromatic heterocycles. The van der Waals surface area contributed by atoms with Crippen LogP contribution >= 0.6 is 0 Å². The van der Waals surface area contributed by atoms with Crippen LogP contribution in [0.5, 0.6) is 0 Å². The Bertz CT molecular complexity index is 840. The van der Waals surface area contributed by atoms with Crippen LogP contribution in [0.1, 0.15) is 35.2 Å². The highest BCUT2D eigenvalue weighted by Gasteiger charge is 2.34. The number of carbonyl (C=O) groups is 1. The van der Waals surface area contributed by atoms with Gasteiger partial charge in [0.05, 0.1) is 12.3 Å². The Balaban J connectivity index is 1.57. The summed E-state index contributed by atoms with van der Waals surface area (Å²) in [6.45, 7) is 0.650. The van der Waals surface area contributed by atoms with Crippen molar-refractivity contribution in [3.05, 3.63) is 66.1 Å². The number of hydrogen-bond donors (Lipinski definition) is 0. The van der Waals surface area contributed by atoms with Crippen molar-refractivity contribution in [2.75, 3.05) is 6.54 Å². The van der Waals surface area contributed by atoms with E-state index in [0.717, 1.165) is 18.6 Å². The predicted molar refractivity (Wildman–Crippen MR) is 83.6 cm³/mol. The average Bonchev–Trinajstić information content (AvgIpc) is 3.34. The highest BCUT2D eigenvalue weighted by atomic mass is 19.1. The zero-order chi connectivity index (χ0) is 16.5. The lowest BCUT2D eigenvalue weighted by atomic mass is 10.1. The molecule has 1 aromatic carbocycles. The summed E-state index contributed by atoms with van der Waals surface area (Å²) in [4.78, 5) is 14.5. The van der Waals surface area contributed by atoms with Crippen molar-refractivity contribution < 1.29 is 18.1 Å². The minimum absolute atomic E-state index is 0.0770. The largest absolute Gasteiger partial charge is 0.467 e. The average molecular weight is 326 g/mol. The second-order valence-corrected chi connectivity index (χ2v) is 5.76. The van der Waals surface area contributed by atoms with Gasteiger partial charge in [0.25, 0.3) is 5.91 Å². The van der Waals surface area contributed by atoms with Gasteiger partial charge in [-0.1, -0.05) is 5.16 Å². The van der Waals surface area contributed by atoms with Gasteiger partial charge in [0, 0.05) is 18.2 Å². The zero-order valence-electron chi connectivity index (χ0n) is 12.8. The van der Waals surface area contributed by atoms with Crippen LogP contribution in [-0.4, -0.2) is 22.5 Å². The molecule has 24 heavy (non-hydrogen) atoms. The molecular weight excluding hydrogens is 311 g/mol. The standard InChI is InChI=1S/C18H15FN2O3/c19-13-7-5-12(6-8-13)14-11-17(24-20-14)18(22)21-9-1-3-15(21)16-4-2-10-23-16/h2,4-8,10-11,15H,1,3,9H2/t15-/m0/s1. The molecule has 3 heterocycles. The van der Waals surface area contributed by atoms with Crippen molar-refractivity contribution >= 4 is 5.91 Å². The monoisotopic (exact) mass is 326 g/mol. The molecule has 0 aliphatic carbocycles. The van der Waals surface area contributed by atoms with Crippen LogP contribution in [0, 0.1) is 5.82 Å². The molecule has 1 aliphatic rings. The van der Waals surface area contributed by atoms with E-state index in [1.165, 1.54) is 12.1 Å². The van der Waals surface area contributed by atoms with Gasteiger partial charge in [-0.15, -0.1) is 0 Å². The molecule has 0 bridgehead atoms. The van der Waals surface area contributed by atoms with Gasteiger partial charge in [-0.05, 0) is 49.2 Å². The maximum atomic E-state index is 13.0. The molecule has 1 amide bonds. The summed E-state index contributed by atoms with van der Waals surface area (Å²) < 4.78 is 23.7. The van der Waals surface area contributed by atoms with Crippen LogP contribution in [0.4, 0.5) is 4.39 Å². The molecule has 0 saturated carbocycles. The van der Waals surface area contributed by atoms with Gasteiger partial charge in [0.15, 0.2) is 0 Å². The Kier molecular flexibility index (Phi) is 3.65. The fourth-order valence-corrected chi connectivity index (χ4v) is 3.06. The zero-order valence-corrected chi connectivity index (χ0v) is 12.8. The molecule has 5 nitrogen and oxygen atoms in total. The van der Waals surface area contributed by atoms with Crippen LogP contribution in [0.2, 0.25) is 0 Å².